The Labute approximate surface area is 85.1 Å². The first-order chi connectivity index (χ1) is 6.33. The summed E-state index contributed by atoms with van der Waals surface area (Å²) in [5, 5.41) is 3.97. The summed E-state index contributed by atoms with van der Waals surface area (Å²) < 4.78 is 0. The second-order valence-corrected chi connectivity index (χ2v) is 4.03. The van der Waals surface area contributed by atoms with Crippen LogP contribution < -0.4 is 0 Å². The van der Waals surface area contributed by atoms with Crippen molar-refractivity contribution in [3.63, 3.8) is 0 Å². The third kappa shape index (κ3) is 4.03. The maximum Gasteiger partial charge on any atom is 0.358 e. The van der Waals surface area contributed by atoms with Crippen LogP contribution in [-0.2, 0) is 0 Å². The average molecular weight is 188 g/mol. The van der Waals surface area contributed by atoms with Gasteiger partial charge in [0.2, 0.25) is 0 Å². The normalized spacial score (nSPS) is 11.2. The van der Waals surface area contributed by atoms with E-state index in [0.29, 0.717) is 0 Å². The van der Waals surface area contributed by atoms with Crippen LogP contribution in [0.5, 0.6) is 0 Å². The van der Waals surface area contributed by atoms with Crippen LogP contribution in [0.2, 0.25) is 0 Å². The minimum atomic E-state index is -0.326. The zero-order valence-corrected chi connectivity index (χ0v) is 9.48. The van der Waals surface area contributed by atoms with Crippen LogP contribution in [0.4, 0.5) is 5.69 Å². The summed E-state index contributed by atoms with van der Waals surface area (Å²) in [6, 6.07) is 8.21. The molecule has 0 aromatic heterocycles. The van der Waals surface area contributed by atoms with Crippen molar-refractivity contribution in [2.45, 2.75) is 6.92 Å². The lowest BCUT2D eigenvalue weighted by Gasteiger charge is -1.92. The fraction of sp³-hybridized carbons (Fsp3) is 0.200. The molecule has 0 heterocycles. The molecule has 0 bridgehead atoms. The summed E-state index contributed by atoms with van der Waals surface area (Å²) in [5.41, 5.74) is 2.30. The standard InChI is InChI=1S/C8H8N.C2H4N.Al.H/c1-7-3-5-8(9-2)6-4-7;1-3-2;;/h2-6H,1H3;1H,2H3;;. The van der Waals surface area contributed by atoms with Gasteiger partial charge in [-0.05, 0) is 19.1 Å². The molecule has 0 aliphatic heterocycles. The molecule has 13 heavy (non-hydrogen) atoms. The molecule has 0 radical (unpaired) electrons. The minimum Gasteiger partial charge on any atom is -0.319 e. The Morgan fingerprint density at radius 3 is 2.46 bits per heavy atom. The third-order valence-corrected chi connectivity index (χ3v) is 2.64. The van der Waals surface area contributed by atoms with Crippen molar-refractivity contribution in [3.8, 4) is 0 Å². The molecule has 0 amide bonds. The summed E-state index contributed by atoms with van der Waals surface area (Å²) in [6.07, 6.45) is 0. The summed E-state index contributed by atoms with van der Waals surface area (Å²) in [4.78, 5) is 8.26. The van der Waals surface area contributed by atoms with E-state index in [0.717, 1.165) is 5.69 Å². The molecule has 1 rings (SSSR count). The molecule has 0 aliphatic carbocycles. The summed E-state index contributed by atoms with van der Waals surface area (Å²) in [7, 11) is 1.80. The Morgan fingerprint density at radius 2 is 1.85 bits per heavy atom. The molecule has 3 heteroatoms. The van der Waals surface area contributed by atoms with Crippen LogP contribution in [-0.4, -0.2) is 32.4 Å². The van der Waals surface area contributed by atoms with Crippen molar-refractivity contribution in [1.82, 2.24) is 0 Å². The van der Waals surface area contributed by atoms with E-state index in [1.807, 2.05) is 22.3 Å². The zero-order valence-electron chi connectivity index (χ0n) is 8.07. The van der Waals surface area contributed by atoms with Crippen LogP contribution in [0.15, 0.2) is 34.3 Å². The van der Waals surface area contributed by atoms with Gasteiger partial charge in [0.25, 0.3) is 0 Å². The van der Waals surface area contributed by atoms with Crippen molar-refractivity contribution in [2.75, 3.05) is 7.05 Å². The first-order valence-electron chi connectivity index (χ1n) is 4.33. The first-order valence-corrected chi connectivity index (χ1v) is 5.96. The maximum atomic E-state index is 4.33. The van der Waals surface area contributed by atoms with E-state index in [9.17, 15) is 0 Å². The van der Waals surface area contributed by atoms with E-state index in [1.165, 1.54) is 5.56 Å². The molecule has 1 aromatic rings. The van der Waals surface area contributed by atoms with Gasteiger partial charge in [-0.25, -0.2) is 0 Å². The fourth-order valence-electron chi connectivity index (χ4n) is 0.941. The number of aliphatic imine (C=N–C) groups is 2. The van der Waals surface area contributed by atoms with Crippen molar-refractivity contribution in [2.24, 2.45) is 9.98 Å². The summed E-state index contributed by atoms with van der Waals surface area (Å²) in [5.74, 6) is 0. The van der Waals surface area contributed by atoms with Crippen LogP contribution in [0.25, 0.3) is 0 Å². The van der Waals surface area contributed by atoms with Gasteiger partial charge >= 0.3 is 15.2 Å². The number of aryl methyl sites for hydroxylation is 1. The predicted octanol–water partition coefficient (Wildman–Crippen LogP) is 1.75. The number of hydrogen-bond donors (Lipinski definition) is 0. The molecule has 2 nitrogen and oxygen atoms in total. The Morgan fingerprint density at radius 1 is 1.15 bits per heavy atom. The zero-order chi connectivity index (χ0) is 9.52. The highest BCUT2D eigenvalue weighted by molar-refractivity contribution is 6.89. The smallest absolute Gasteiger partial charge is 0.319 e. The summed E-state index contributed by atoms with van der Waals surface area (Å²) >= 11 is -0.326. The quantitative estimate of drug-likeness (QED) is 0.510. The lowest BCUT2D eigenvalue weighted by Crippen LogP contribution is -1.92. The fourth-order valence-corrected chi connectivity index (χ4v) is 1.56. The van der Waals surface area contributed by atoms with E-state index < -0.39 is 0 Å². The molecule has 0 aliphatic rings. The minimum absolute atomic E-state index is 0.326. The highest BCUT2D eigenvalue weighted by atomic mass is 27.1. The van der Waals surface area contributed by atoms with Crippen LogP contribution in [0, 0.1) is 6.92 Å². The third-order valence-electron chi connectivity index (χ3n) is 1.67. The molecular weight excluding hydrogens is 175 g/mol. The van der Waals surface area contributed by atoms with Gasteiger partial charge in [-0.1, -0.05) is 27.8 Å². The predicted molar refractivity (Wildman–Crippen MR) is 60.9 cm³/mol. The molecular formula is C10H13AlN2. The van der Waals surface area contributed by atoms with Gasteiger partial charge in [0.1, 0.15) is 0 Å². The van der Waals surface area contributed by atoms with E-state index in [1.54, 1.807) is 7.05 Å². The van der Waals surface area contributed by atoms with E-state index in [2.05, 4.69) is 29.0 Å². The van der Waals surface area contributed by atoms with E-state index in [-0.39, 0.29) is 15.2 Å². The molecule has 0 saturated heterocycles. The summed E-state index contributed by atoms with van der Waals surface area (Å²) in [6.45, 7) is 2.08. The van der Waals surface area contributed by atoms with Crippen molar-refractivity contribution in [1.29, 1.82) is 0 Å². The molecule has 1 aromatic carbocycles. The molecule has 0 unspecified atom stereocenters. The number of rotatable bonds is 3. The van der Waals surface area contributed by atoms with Crippen molar-refractivity contribution < 1.29 is 0 Å². The maximum absolute atomic E-state index is 4.33. The van der Waals surface area contributed by atoms with Crippen LogP contribution in [0.3, 0.4) is 0 Å². The number of benzene rings is 1. The van der Waals surface area contributed by atoms with E-state index >= 15 is 0 Å². The Hall–Kier alpha value is -0.908. The lowest BCUT2D eigenvalue weighted by atomic mass is 10.2. The highest BCUT2D eigenvalue weighted by Gasteiger charge is 1.86. The molecule has 0 fully saturated rings. The molecule has 0 saturated carbocycles. The molecule has 0 atom stereocenters. The highest BCUT2D eigenvalue weighted by Crippen LogP contribution is 2.10. The van der Waals surface area contributed by atoms with Gasteiger partial charge in [-0.2, -0.15) is 0 Å². The lowest BCUT2D eigenvalue weighted by molar-refractivity contribution is 1.44. The largest absolute Gasteiger partial charge is 0.358 e. The molecule has 0 N–H and O–H groups in total. The van der Waals surface area contributed by atoms with Crippen LogP contribution in [0.1, 0.15) is 5.56 Å². The van der Waals surface area contributed by atoms with Crippen LogP contribution >= 0.6 is 0 Å². The van der Waals surface area contributed by atoms with Gasteiger partial charge in [0.15, 0.2) is 0 Å². The van der Waals surface area contributed by atoms with Gasteiger partial charge in [-0.3, -0.25) is 4.99 Å². The number of hydrogen-bond acceptors (Lipinski definition) is 2. The van der Waals surface area contributed by atoms with Gasteiger partial charge in [0, 0.05) is 7.05 Å². The second-order valence-electron chi connectivity index (χ2n) is 2.82. The van der Waals surface area contributed by atoms with Gasteiger partial charge < -0.3 is 4.99 Å². The molecule has 66 valence electrons. The second kappa shape index (κ2) is 5.69. The molecule has 0 spiro atoms. The van der Waals surface area contributed by atoms with Crippen molar-refractivity contribution in [3.05, 3.63) is 29.8 Å². The first kappa shape index (κ1) is 10.2. The SMILES string of the molecule is CN=[CH][AlH][CH]=Nc1ccc(C)cc1. The number of nitrogens with zero attached hydrogens (tertiary/aromatic N) is 2. The van der Waals surface area contributed by atoms with Gasteiger partial charge in [0.05, 0.1) is 5.69 Å². The van der Waals surface area contributed by atoms with Gasteiger partial charge in [-0.15, -0.1) is 0 Å². The Balaban J connectivity index is 2.54. The monoisotopic (exact) mass is 188 g/mol. The average Bonchev–Trinajstić information content (AvgIpc) is 2.15. The Bertz CT molecular complexity index is 301. The topological polar surface area (TPSA) is 24.7 Å². The Kier molecular flexibility index (Phi) is 4.45. The van der Waals surface area contributed by atoms with Crippen molar-refractivity contribution >= 4 is 31.1 Å². The van der Waals surface area contributed by atoms with E-state index in [4.69, 9.17) is 0 Å².